The maximum atomic E-state index is 6.23. The number of thiophene rings is 1. The van der Waals surface area contributed by atoms with Gasteiger partial charge in [0.25, 0.3) is 0 Å². The molecule has 0 atom stereocenters. The third kappa shape index (κ3) is 3.24. The van der Waals surface area contributed by atoms with Gasteiger partial charge < -0.3 is 10.2 Å². The van der Waals surface area contributed by atoms with Crippen LogP contribution in [0.2, 0.25) is 5.28 Å². The van der Waals surface area contributed by atoms with Gasteiger partial charge >= 0.3 is 0 Å². The molecule has 25 heavy (non-hydrogen) atoms. The minimum atomic E-state index is 0.327. The van der Waals surface area contributed by atoms with E-state index < -0.39 is 0 Å². The van der Waals surface area contributed by atoms with E-state index in [2.05, 4.69) is 57.6 Å². The van der Waals surface area contributed by atoms with Crippen LogP contribution in [0.4, 0.5) is 5.82 Å². The van der Waals surface area contributed by atoms with Gasteiger partial charge in [0.1, 0.15) is 10.6 Å². The molecular weight excluding hydrogens is 352 g/mol. The van der Waals surface area contributed by atoms with Gasteiger partial charge in [0.2, 0.25) is 5.28 Å². The van der Waals surface area contributed by atoms with Crippen LogP contribution < -0.4 is 10.2 Å². The second-order valence-electron chi connectivity index (χ2n) is 6.54. The van der Waals surface area contributed by atoms with E-state index in [1.54, 1.807) is 11.3 Å². The Kier molecular flexibility index (Phi) is 4.63. The topological polar surface area (TPSA) is 41.1 Å². The average molecular weight is 373 g/mol. The first-order chi connectivity index (χ1) is 12.1. The van der Waals surface area contributed by atoms with Crippen molar-refractivity contribution in [3.05, 3.63) is 40.0 Å². The Balaban J connectivity index is 1.89. The zero-order valence-corrected chi connectivity index (χ0v) is 16.0. The van der Waals surface area contributed by atoms with Crippen molar-refractivity contribution in [3.63, 3.8) is 0 Å². The van der Waals surface area contributed by atoms with Crippen LogP contribution in [0.3, 0.4) is 0 Å². The third-order valence-corrected chi connectivity index (χ3v) is 5.89. The van der Waals surface area contributed by atoms with Crippen molar-refractivity contribution in [3.8, 4) is 11.1 Å². The highest BCUT2D eigenvalue weighted by atomic mass is 35.5. The molecule has 6 heteroatoms. The van der Waals surface area contributed by atoms with Gasteiger partial charge in [-0.3, -0.25) is 0 Å². The molecule has 4 rings (SSSR count). The SMILES string of the molecule is Cc1ccc(-c2csc3nc(Cl)nc(N4CCCNCC4)c23)cc1C. The molecule has 0 unspecified atom stereocenters. The summed E-state index contributed by atoms with van der Waals surface area (Å²) in [5.74, 6) is 0.966. The van der Waals surface area contributed by atoms with Crippen molar-refractivity contribution in [2.45, 2.75) is 20.3 Å². The number of anilines is 1. The number of hydrogen-bond donors (Lipinski definition) is 1. The Hall–Kier alpha value is -1.69. The van der Waals surface area contributed by atoms with Crippen molar-refractivity contribution in [2.75, 3.05) is 31.1 Å². The van der Waals surface area contributed by atoms with Crippen LogP contribution in [0.5, 0.6) is 0 Å². The second-order valence-corrected chi connectivity index (χ2v) is 7.73. The smallest absolute Gasteiger partial charge is 0.225 e. The molecule has 2 aromatic heterocycles. The van der Waals surface area contributed by atoms with Gasteiger partial charge in [-0.15, -0.1) is 11.3 Å². The summed E-state index contributed by atoms with van der Waals surface area (Å²) in [5.41, 5.74) is 5.02. The molecule has 0 saturated carbocycles. The maximum Gasteiger partial charge on any atom is 0.225 e. The normalized spacial score (nSPS) is 15.6. The summed E-state index contributed by atoms with van der Waals surface area (Å²) in [6.45, 7) is 8.23. The fourth-order valence-electron chi connectivity index (χ4n) is 3.31. The number of aromatic nitrogens is 2. The summed E-state index contributed by atoms with van der Waals surface area (Å²) in [6.07, 6.45) is 1.10. The van der Waals surface area contributed by atoms with E-state index in [1.165, 1.54) is 22.3 Å². The first kappa shape index (κ1) is 16.8. The zero-order valence-electron chi connectivity index (χ0n) is 14.5. The minimum Gasteiger partial charge on any atom is -0.355 e. The number of nitrogens with zero attached hydrogens (tertiary/aromatic N) is 3. The number of halogens is 1. The maximum absolute atomic E-state index is 6.23. The fraction of sp³-hybridized carbons (Fsp3) is 0.368. The number of nitrogens with one attached hydrogen (secondary N) is 1. The van der Waals surface area contributed by atoms with E-state index in [0.717, 1.165) is 48.6 Å². The molecular formula is C19H21ClN4S. The lowest BCUT2D eigenvalue weighted by atomic mass is 10.0. The van der Waals surface area contributed by atoms with Crippen LogP contribution >= 0.6 is 22.9 Å². The lowest BCUT2D eigenvalue weighted by Gasteiger charge is -2.22. The number of rotatable bonds is 2. The highest BCUT2D eigenvalue weighted by Gasteiger charge is 2.20. The van der Waals surface area contributed by atoms with Crippen LogP contribution in [0, 0.1) is 13.8 Å². The molecule has 1 N–H and O–H groups in total. The molecule has 1 aromatic carbocycles. The average Bonchev–Trinajstić information content (AvgIpc) is 2.83. The van der Waals surface area contributed by atoms with E-state index in [-0.39, 0.29) is 0 Å². The van der Waals surface area contributed by atoms with Gasteiger partial charge in [0.15, 0.2) is 0 Å². The van der Waals surface area contributed by atoms with Crippen LogP contribution in [0.25, 0.3) is 21.3 Å². The lowest BCUT2D eigenvalue weighted by Crippen LogP contribution is -2.28. The van der Waals surface area contributed by atoms with Gasteiger partial charge in [-0.1, -0.05) is 18.2 Å². The monoisotopic (exact) mass is 372 g/mol. The highest BCUT2D eigenvalue weighted by molar-refractivity contribution is 7.17. The van der Waals surface area contributed by atoms with Crippen molar-refractivity contribution in [1.82, 2.24) is 15.3 Å². The minimum absolute atomic E-state index is 0.327. The molecule has 3 heterocycles. The lowest BCUT2D eigenvalue weighted by molar-refractivity contribution is 0.724. The Morgan fingerprint density at radius 1 is 1.12 bits per heavy atom. The van der Waals surface area contributed by atoms with Crippen LogP contribution in [0.15, 0.2) is 23.6 Å². The molecule has 3 aromatic rings. The summed E-state index contributed by atoms with van der Waals surface area (Å²) < 4.78 is 0. The highest BCUT2D eigenvalue weighted by Crippen LogP contribution is 2.39. The quantitative estimate of drug-likeness (QED) is 0.676. The van der Waals surface area contributed by atoms with Gasteiger partial charge in [-0.25, -0.2) is 4.98 Å². The number of hydrogen-bond acceptors (Lipinski definition) is 5. The Labute approximate surface area is 156 Å². The Morgan fingerprint density at radius 2 is 2.00 bits per heavy atom. The van der Waals surface area contributed by atoms with E-state index in [4.69, 9.17) is 11.6 Å². The molecule has 0 spiro atoms. The number of aryl methyl sites for hydroxylation is 2. The molecule has 1 aliphatic heterocycles. The van der Waals surface area contributed by atoms with Crippen molar-refractivity contribution >= 4 is 39.0 Å². The first-order valence-electron chi connectivity index (χ1n) is 8.61. The fourth-order valence-corrected chi connectivity index (χ4v) is 4.46. The summed E-state index contributed by atoms with van der Waals surface area (Å²) >= 11 is 7.87. The molecule has 130 valence electrons. The van der Waals surface area contributed by atoms with Crippen molar-refractivity contribution < 1.29 is 0 Å². The molecule has 0 bridgehead atoms. The summed E-state index contributed by atoms with van der Waals surface area (Å²) in [6, 6.07) is 6.62. The van der Waals surface area contributed by atoms with E-state index in [9.17, 15) is 0 Å². The Bertz CT molecular complexity index is 913. The largest absolute Gasteiger partial charge is 0.355 e. The standard InChI is InChI=1S/C19H21ClN4S/c1-12-4-5-14(10-13(12)2)15-11-25-18-16(15)17(22-19(20)23-18)24-8-3-6-21-7-9-24/h4-5,10-11,21H,3,6-9H2,1-2H3. The second kappa shape index (κ2) is 6.90. The first-order valence-corrected chi connectivity index (χ1v) is 9.87. The molecule has 0 aliphatic carbocycles. The predicted octanol–water partition coefficient (Wildman–Crippen LogP) is 4.43. The number of benzene rings is 1. The third-order valence-electron chi connectivity index (χ3n) is 4.84. The van der Waals surface area contributed by atoms with Gasteiger partial charge in [-0.05, 0) is 55.1 Å². The molecule has 1 aliphatic rings. The Morgan fingerprint density at radius 3 is 2.84 bits per heavy atom. The molecule has 4 nitrogen and oxygen atoms in total. The van der Waals surface area contributed by atoms with Crippen LogP contribution in [-0.2, 0) is 0 Å². The van der Waals surface area contributed by atoms with Gasteiger partial charge in [-0.2, -0.15) is 4.98 Å². The molecule has 0 radical (unpaired) electrons. The van der Waals surface area contributed by atoms with E-state index in [1.807, 2.05) is 0 Å². The van der Waals surface area contributed by atoms with Gasteiger partial charge in [0.05, 0.1) is 5.39 Å². The molecule has 0 amide bonds. The predicted molar refractivity (Wildman–Crippen MR) is 107 cm³/mol. The summed E-state index contributed by atoms with van der Waals surface area (Å²) in [5, 5.41) is 7.08. The van der Waals surface area contributed by atoms with Crippen molar-refractivity contribution in [1.29, 1.82) is 0 Å². The zero-order chi connectivity index (χ0) is 17.4. The van der Waals surface area contributed by atoms with Crippen LogP contribution in [-0.4, -0.2) is 36.1 Å². The number of fused-ring (bicyclic) bond motifs is 1. The van der Waals surface area contributed by atoms with Crippen LogP contribution in [0.1, 0.15) is 17.5 Å². The van der Waals surface area contributed by atoms with Gasteiger partial charge in [0, 0.05) is 30.6 Å². The van der Waals surface area contributed by atoms with E-state index in [0.29, 0.717) is 5.28 Å². The molecule has 1 fully saturated rings. The summed E-state index contributed by atoms with van der Waals surface area (Å²) in [7, 11) is 0. The van der Waals surface area contributed by atoms with E-state index >= 15 is 0 Å². The van der Waals surface area contributed by atoms with Crippen molar-refractivity contribution in [2.24, 2.45) is 0 Å². The summed E-state index contributed by atoms with van der Waals surface area (Å²) in [4.78, 5) is 12.4. The molecule has 1 saturated heterocycles.